The van der Waals surface area contributed by atoms with Crippen LogP contribution in [0.25, 0.3) is 16.8 Å². The van der Waals surface area contributed by atoms with Gasteiger partial charge in [0.15, 0.2) is 0 Å². The van der Waals surface area contributed by atoms with Crippen LogP contribution in [0.2, 0.25) is 0 Å². The summed E-state index contributed by atoms with van der Waals surface area (Å²) in [5.41, 5.74) is 3.36. The fourth-order valence-corrected chi connectivity index (χ4v) is 4.59. The van der Waals surface area contributed by atoms with E-state index in [2.05, 4.69) is 0 Å². The fourth-order valence-electron chi connectivity index (χ4n) is 3.59. The minimum atomic E-state index is -0.383. The Kier molecular flexibility index (Phi) is 6.37. The van der Waals surface area contributed by atoms with E-state index in [1.165, 1.54) is 11.3 Å². The second-order valence-corrected chi connectivity index (χ2v) is 8.79. The molecule has 0 atom stereocenters. The molecule has 6 nitrogen and oxygen atoms in total. The molecule has 0 aliphatic carbocycles. The maximum atomic E-state index is 12.3. The number of hydrogen-bond acceptors (Lipinski definition) is 6. The second kappa shape index (κ2) is 9.36. The summed E-state index contributed by atoms with van der Waals surface area (Å²) in [7, 11) is 0. The number of rotatable bonds is 7. The number of thiazole rings is 1. The molecule has 2 aromatic carbocycles. The van der Waals surface area contributed by atoms with E-state index in [1.807, 2.05) is 50.2 Å². The van der Waals surface area contributed by atoms with Gasteiger partial charge in [-0.05, 0) is 31.5 Å². The van der Waals surface area contributed by atoms with Gasteiger partial charge in [-0.2, -0.15) is 0 Å². The van der Waals surface area contributed by atoms with E-state index in [9.17, 15) is 9.90 Å². The van der Waals surface area contributed by atoms with Crippen molar-refractivity contribution in [1.29, 1.82) is 5.41 Å². The first-order chi connectivity index (χ1) is 15.5. The Hall–Kier alpha value is -3.45. The highest BCUT2D eigenvalue weighted by molar-refractivity contribution is 7.13. The summed E-state index contributed by atoms with van der Waals surface area (Å²) in [6.07, 6.45) is 1.77. The average Bonchev–Trinajstić information content (AvgIpc) is 3.33. The number of ether oxygens (including phenoxy) is 1. The lowest BCUT2D eigenvalue weighted by atomic mass is 10.1. The molecule has 4 rings (SSSR count). The molecule has 0 saturated carbocycles. The lowest BCUT2D eigenvalue weighted by Gasteiger charge is -2.19. The van der Waals surface area contributed by atoms with Crippen LogP contribution in [-0.4, -0.2) is 35.0 Å². The number of nitrogens with zero attached hydrogens (tertiary/aromatic N) is 2. The lowest BCUT2D eigenvalue weighted by Crippen LogP contribution is -2.26. The van der Waals surface area contributed by atoms with Crippen molar-refractivity contribution in [3.05, 3.63) is 75.8 Å². The van der Waals surface area contributed by atoms with Gasteiger partial charge in [0, 0.05) is 16.1 Å². The molecular weight excluding hydrogens is 422 g/mol. The van der Waals surface area contributed by atoms with E-state index in [0.29, 0.717) is 28.4 Å². The van der Waals surface area contributed by atoms with Crippen molar-refractivity contribution in [2.45, 2.75) is 26.7 Å². The van der Waals surface area contributed by atoms with E-state index in [1.54, 1.807) is 23.1 Å². The van der Waals surface area contributed by atoms with Gasteiger partial charge in [-0.3, -0.25) is 5.41 Å². The van der Waals surface area contributed by atoms with Crippen LogP contribution in [0.1, 0.15) is 40.0 Å². The number of benzene rings is 2. The van der Waals surface area contributed by atoms with Crippen LogP contribution in [0, 0.1) is 12.3 Å². The second-order valence-electron chi connectivity index (χ2n) is 7.59. The van der Waals surface area contributed by atoms with Crippen LogP contribution >= 0.6 is 11.3 Å². The molecule has 3 aromatic rings. The zero-order chi connectivity index (χ0) is 22.7. The van der Waals surface area contributed by atoms with E-state index in [4.69, 9.17) is 15.1 Å². The fraction of sp³-hybridized carbons (Fsp3) is 0.240. The standard InChI is InChI=1S/C25H25N3O3S/c1-3-4-13-31-25(30)18-11-8-12-19(14-18)28-15-20(29)21(23(28)26)24-27-22(16(2)32-24)17-9-6-5-7-10-17/h5-12,14,26,29H,3-4,13,15H2,1-2H3. The largest absolute Gasteiger partial charge is 0.510 e. The minimum absolute atomic E-state index is 0.0966. The topological polar surface area (TPSA) is 86.5 Å². The van der Waals surface area contributed by atoms with Gasteiger partial charge >= 0.3 is 5.97 Å². The van der Waals surface area contributed by atoms with Crippen molar-refractivity contribution in [2.24, 2.45) is 0 Å². The molecule has 164 valence electrons. The zero-order valence-corrected chi connectivity index (χ0v) is 18.9. The zero-order valence-electron chi connectivity index (χ0n) is 18.1. The van der Waals surface area contributed by atoms with E-state index >= 15 is 0 Å². The summed E-state index contributed by atoms with van der Waals surface area (Å²) in [5.74, 6) is -0.127. The van der Waals surface area contributed by atoms with Crippen molar-refractivity contribution < 1.29 is 14.6 Å². The SMILES string of the molecule is CCCCOC(=O)c1cccc(N2CC(O)=C(c3nc(-c4ccccc4)c(C)s3)C2=N)c1. The van der Waals surface area contributed by atoms with Crippen molar-refractivity contribution in [3.63, 3.8) is 0 Å². The highest BCUT2D eigenvalue weighted by Gasteiger charge is 2.32. The summed E-state index contributed by atoms with van der Waals surface area (Å²) in [6.45, 7) is 4.57. The number of aromatic nitrogens is 1. The number of anilines is 1. The van der Waals surface area contributed by atoms with Crippen LogP contribution in [0.3, 0.4) is 0 Å². The number of nitrogens with one attached hydrogen (secondary N) is 1. The Balaban J connectivity index is 1.57. The molecule has 0 saturated heterocycles. The molecule has 2 heterocycles. The summed E-state index contributed by atoms with van der Waals surface area (Å²) < 4.78 is 5.30. The van der Waals surface area contributed by atoms with E-state index in [-0.39, 0.29) is 24.1 Å². The van der Waals surface area contributed by atoms with E-state index in [0.717, 1.165) is 29.0 Å². The van der Waals surface area contributed by atoms with Gasteiger partial charge in [0.2, 0.25) is 0 Å². The van der Waals surface area contributed by atoms with Crippen LogP contribution < -0.4 is 4.90 Å². The molecule has 0 fully saturated rings. The van der Waals surface area contributed by atoms with Crippen LogP contribution in [0.5, 0.6) is 0 Å². The molecule has 0 spiro atoms. The first kappa shape index (κ1) is 21.8. The van der Waals surface area contributed by atoms with Crippen LogP contribution in [0.4, 0.5) is 5.69 Å². The van der Waals surface area contributed by atoms with Gasteiger partial charge in [-0.15, -0.1) is 11.3 Å². The molecule has 1 aliphatic rings. The van der Waals surface area contributed by atoms with Gasteiger partial charge in [0.05, 0.1) is 30.0 Å². The molecule has 0 radical (unpaired) electrons. The molecule has 1 aliphatic heterocycles. The maximum Gasteiger partial charge on any atom is 0.338 e. The van der Waals surface area contributed by atoms with Crippen molar-refractivity contribution in [3.8, 4) is 11.3 Å². The number of carbonyl (C=O) groups is 1. The van der Waals surface area contributed by atoms with E-state index < -0.39 is 0 Å². The van der Waals surface area contributed by atoms with Crippen LogP contribution in [-0.2, 0) is 4.74 Å². The lowest BCUT2D eigenvalue weighted by molar-refractivity contribution is 0.0500. The van der Waals surface area contributed by atoms with Crippen molar-refractivity contribution >= 4 is 34.4 Å². The summed E-state index contributed by atoms with van der Waals surface area (Å²) in [4.78, 5) is 19.8. The summed E-state index contributed by atoms with van der Waals surface area (Å²) in [6, 6.07) is 16.8. The molecule has 0 amide bonds. The number of aliphatic hydroxyl groups excluding tert-OH is 1. The number of hydrogen-bond donors (Lipinski definition) is 2. The van der Waals surface area contributed by atoms with Gasteiger partial charge < -0.3 is 14.7 Å². The Bertz CT molecular complexity index is 1180. The highest BCUT2D eigenvalue weighted by atomic mass is 32.1. The predicted octanol–water partition coefficient (Wildman–Crippen LogP) is 5.84. The van der Waals surface area contributed by atoms with Crippen molar-refractivity contribution in [2.75, 3.05) is 18.1 Å². The third-order valence-electron chi connectivity index (χ3n) is 5.29. The summed E-state index contributed by atoms with van der Waals surface area (Å²) in [5, 5.41) is 20.0. The number of esters is 1. The Morgan fingerprint density at radius 1 is 1.22 bits per heavy atom. The number of carbonyl (C=O) groups excluding carboxylic acids is 1. The Labute approximate surface area is 191 Å². The number of aliphatic hydroxyl groups is 1. The van der Waals surface area contributed by atoms with Gasteiger partial charge in [-0.1, -0.05) is 49.7 Å². The molecule has 0 unspecified atom stereocenters. The van der Waals surface area contributed by atoms with Gasteiger partial charge in [0.25, 0.3) is 0 Å². The minimum Gasteiger partial charge on any atom is -0.510 e. The Morgan fingerprint density at radius 3 is 2.75 bits per heavy atom. The molecule has 0 bridgehead atoms. The van der Waals surface area contributed by atoms with Gasteiger partial charge in [0.1, 0.15) is 16.6 Å². The molecular formula is C25H25N3O3S. The Morgan fingerprint density at radius 2 is 2.00 bits per heavy atom. The molecule has 32 heavy (non-hydrogen) atoms. The first-order valence-electron chi connectivity index (χ1n) is 10.6. The number of aryl methyl sites for hydroxylation is 1. The molecule has 1 aromatic heterocycles. The normalized spacial score (nSPS) is 13.7. The molecule has 7 heteroatoms. The van der Waals surface area contributed by atoms with Crippen molar-refractivity contribution in [1.82, 2.24) is 4.98 Å². The van der Waals surface area contributed by atoms with Gasteiger partial charge in [-0.25, -0.2) is 9.78 Å². The average molecular weight is 448 g/mol. The van der Waals surface area contributed by atoms with Crippen LogP contribution in [0.15, 0.2) is 60.4 Å². The number of amidine groups is 1. The quantitative estimate of drug-likeness (QED) is 0.351. The monoisotopic (exact) mass is 447 g/mol. The number of unbranched alkanes of at least 4 members (excludes halogenated alkanes) is 1. The molecule has 2 N–H and O–H groups in total. The predicted molar refractivity (Wildman–Crippen MR) is 129 cm³/mol. The third-order valence-corrected chi connectivity index (χ3v) is 6.27. The summed E-state index contributed by atoms with van der Waals surface area (Å²) >= 11 is 1.46. The highest BCUT2D eigenvalue weighted by Crippen LogP contribution is 2.36. The first-order valence-corrected chi connectivity index (χ1v) is 11.4. The third kappa shape index (κ3) is 4.29. The smallest absolute Gasteiger partial charge is 0.338 e. The maximum absolute atomic E-state index is 12.3.